The Hall–Kier alpha value is -1.68. The molecule has 4 heteroatoms. The van der Waals surface area contributed by atoms with Crippen LogP contribution < -0.4 is 4.90 Å². The van der Waals surface area contributed by atoms with Crippen LogP contribution in [0.15, 0.2) is 12.1 Å². The molecule has 0 fully saturated rings. The molecule has 0 aromatic heterocycles. The Kier molecular flexibility index (Phi) is 3.22. The van der Waals surface area contributed by atoms with Gasteiger partial charge in [-0.25, -0.2) is 0 Å². The van der Waals surface area contributed by atoms with Gasteiger partial charge in [-0.2, -0.15) is 0 Å². The molecule has 0 aliphatic carbocycles. The maximum Gasteiger partial charge on any atom is 0.264 e. The Labute approximate surface area is 113 Å². The lowest BCUT2D eigenvalue weighted by Crippen LogP contribution is -2.41. The number of ketones is 1. The van der Waals surface area contributed by atoms with Crippen LogP contribution in [0.5, 0.6) is 0 Å². The van der Waals surface area contributed by atoms with Crippen molar-refractivity contribution < 1.29 is 14.7 Å². The zero-order chi connectivity index (χ0) is 14.4. The first-order chi connectivity index (χ1) is 8.81. The van der Waals surface area contributed by atoms with Crippen LogP contribution in [-0.4, -0.2) is 23.3 Å². The number of benzene rings is 1. The number of fused-ring (bicyclic) bond motifs is 1. The zero-order valence-corrected chi connectivity index (χ0v) is 11.8. The normalized spacial score (nSPS) is 21.7. The summed E-state index contributed by atoms with van der Waals surface area (Å²) in [6.07, 6.45) is -0.168. The SMILES string of the molecule is CCN1C(=O)C(O)(CC(C)=O)c2cc(C)cc(C)c21. The third-order valence-corrected chi connectivity index (χ3v) is 3.58. The van der Waals surface area contributed by atoms with Crippen molar-refractivity contribution in [1.82, 2.24) is 0 Å². The third kappa shape index (κ3) is 1.96. The molecule has 19 heavy (non-hydrogen) atoms. The number of nitrogens with zero attached hydrogens (tertiary/aromatic N) is 1. The number of amides is 1. The average Bonchev–Trinajstić information content (AvgIpc) is 2.49. The fourth-order valence-electron chi connectivity index (χ4n) is 2.91. The molecule has 1 aliphatic heterocycles. The Morgan fingerprint density at radius 2 is 2.00 bits per heavy atom. The van der Waals surface area contributed by atoms with Gasteiger partial charge in [0.15, 0.2) is 5.60 Å². The largest absolute Gasteiger partial charge is 0.375 e. The first-order valence-electron chi connectivity index (χ1n) is 6.46. The highest BCUT2D eigenvalue weighted by atomic mass is 16.3. The fourth-order valence-corrected chi connectivity index (χ4v) is 2.91. The molecule has 0 saturated carbocycles. The van der Waals surface area contributed by atoms with Crippen molar-refractivity contribution in [1.29, 1.82) is 0 Å². The van der Waals surface area contributed by atoms with E-state index in [1.165, 1.54) is 6.92 Å². The molecule has 1 aliphatic rings. The minimum atomic E-state index is -1.70. The topological polar surface area (TPSA) is 57.6 Å². The van der Waals surface area contributed by atoms with E-state index in [0.29, 0.717) is 12.1 Å². The van der Waals surface area contributed by atoms with Crippen molar-refractivity contribution in [3.8, 4) is 0 Å². The number of likely N-dealkylation sites (N-methyl/N-ethyl adjacent to an activating group) is 1. The zero-order valence-electron chi connectivity index (χ0n) is 11.8. The van der Waals surface area contributed by atoms with Crippen molar-refractivity contribution in [2.45, 2.75) is 39.7 Å². The summed E-state index contributed by atoms with van der Waals surface area (Å²) < 4.78 is 0. The molecule has 102 valence electrons. The second kappa shape index (κ2) is 4.46. The molecule has 0 saturated heterocycles. The summed E-state index contributed by atoms with van der Waals surface area (Å²) in [7, 11) is 0. The lowest BCUT2D eigenvalue weighted by atomic mass is 9.88. The van der Waals surface area contributed by atoms with Gasteiger partial charge in [-0.1, -0.05) is 17.7 Å². The lowest BCUT2D eigenvalue weighted by molar-refractivity contribution is -0.141. The van der Waals surface area contributed by atoms with E-state index in [1.807, 2.05) is 26.8 Å². The van der Waals surface area contributed by atoms with E-state index in [0.717, 1.165) is 16.8 Å². The highest BCUT2D eigenvalue weighted by molar-refractivity contribution is 6.09. The summed E-state index contributed by atoms with van der Waals surface area (Å²) in [5, 5.41) is 10.7. The summed E-state index contributed by atoms with van der Waals surface area (Å²) in [5.74, 6) is -0.590. The highest BCUT2D eigenvalue weighted by Crippen LogP contribution is 2.44. The Morgan fingerprint density at radius 3 is 2.53 bits per heavy atom. The summed E-state index contributed by atoms with van der Waals surface area (Å²) in [6, 6.07) is 3.78. The minimum Gasteiger partial charge on any atom is -0.375 e. The van der Waals surface area contributed by atoms with Gasteiger partial charge in [-0.15, -0.1) is 0 Å². The number of anilines is 1. The van der Waals surface area contributed by atoms with Gasteiger partial charge < -0.3 is 10.0 Å². The Morgan fingerprint density at radius 1 is 1.37 bits per heavy atom. The maximum atomic E-state index is 12.4. The Balaban J connectivity index is 2.69. The summed E-state index contributed by atoms with van der Waals surface area (Å²) in [4.78, 5) is 25.4. The molecule has 4 nitrogen and oxygen atoms in total. The molecule has 1 aromatic rings. The molecule has 0 bridgehead atoms. The first kappa shape index (κ1) is 13.7. The molecular weight excluding hydrogens is 242 g/mol. The van der Waals surface area contributed by atoms with Crippen molar-refractivity contribution in [3.63, 3.8) is 0 Å². The number of rotatable bonds is 3. The molecule has 1 heterocycles. The first-order valence-corrected chi connectivity index (χ1v) is 6.46. The predicted molar refractivity (Wildman–Crippen MR) is 73.1 cm³/mol. The van der Waals surface area contributed by atoms with E-state index in [-0.39, 0.29) is 12.2 Å². The van der Waals surface area contributed by atoms with Gasteiger partial charge in [0.25, 0.3) is 5.91 Å². The van der Waals surface area contributed by atoms with Crippen LogP contribution in [0.25, 0.3) is 0 Å². The van der Waals surface area contributed by atoms with Gasteiger partial charge in [0.1, 0.15) is 5.78 Å². The van der Waals surface area contributed by atoms with Crippen LogP contribution >= 0.6 is 0 Å². The van der Waals surface area contributed by atoms with Crippen molar-refractivity contribution in [2.75, 3.05) is 11.4 Å². The van der Waals surface area contributed by atoms with Gasteiger partial charge >= 0.3 is 0 Å². The maximum absolute atomic E-state index is 12.4. The molecule has 1 atom stereocenters. The molecule has 0 spiro atoms. The van der Waals surface area contributed by atoms with E-state index >= 15 is 0 Å². The number of carbonyl (C=O) groups is 2. The number of hydrogen-bond acceptors (Lipinski definition) is 3. The van der Waals surface area contributed by atoms with Crippen molar-refractivity contribution in [3.05, 3.63) is 28.8 Å². The number of carbonyl (C=O) groups excluding carboxylic acids is 2. The molecule has 1 N–H and O–H groups in total. The quantitative estimate of drug-likeness (QED) is 0.903. The fraction of sp³-hybridized carbons (Fsp3) is 0.467. The van der Waals surface area contributed by atoms with E-state index in [2.05, 4.69) is 0 Å². The Bertz CT molecular complexity index is 565. The van der Waals surface area contributed by atoms with Crippen LogP contribution in [0.1, 0.15) is 37.0 Å². The molecule has 1 unspecified atom stereocenters. The van der Waals surface area contributed by atoms with Crippen LogP contribution in [0, 0.1) is 13.8 Å². The number of aliphatic hydroxyl groups is 1. The van der Waals surface area contributed by atoms with Crippen molar-refractivity contribution in [2.24, 2.45) is 0 Å². The van der Waals surface area contributed by atoms with Crippen LogP contribution in [0.2, 0.25) is 0 Å². The number of Topliss-reactive ketones (excluding diaryl/α,β-unsaturated/α-hetero) is 1. The van der Waals surface area contributed by atoms with Crippen molar-refractivity contribution >= 4 is 17.4 Å². The second-order valence-electron chi connectivity index (χ2n) is 5.27. The average molecular weight is 261 g/mol. The van der Waals surface area contributed by atoms with Gasteiger partial charge in [-0.05, 0) is 33.3 Å². The molecule has 0 radical (unpaired) electrons. The van der Waals surface area contributed by atoms with Gasteiger partial charge in [-0.3, -0.25) is 9.59 Å². The van der Waals surface area contributed by atoms with E-state index < -0.39 is 11.5 Å². The standard InChI is InChI=1S/C15H19NO3/c1-5-16-13-10(3)6-9(2)7-12(13)15(19,14(16)18)8-11(4)17/h6-7,19H,5,8H2,1-4H3. The summed E-state index contributed by atoms with van der Waals surface area (Å²) >= 11 is 0. The minimum absolute atomic E-state index is 0.168. The third-order valence-electron chi connectivity index (χ3n) is 3.58. The van der Waals surface area contributed by atoms with Gasteiger partial charge in [0.2, 0.25) is 0 Å². The van der Waals surface area contributed by atoms with Gasteiger partial charge in [0.05, 0.1) is 5.69 Å². The number of hydrogen-bond donors (Lipinski definition) is 1. The monoisotopic (exact) mass is 261 g/mol. The van der Waals surface area contributed by atoms with Crippen LogP contribution in [0.4, 0.5) is 5.69 Å². The number of aryl methyl sites for hydroxylation is 2. The molecule has 1 aromatic carbocycles. The smallest absolute Gasteiger partial charge is 0.264 e. The lowest BCUT2D eigenvalue weighted by Gasteiger charge is -2.21. The van der Waals surface area contributed by atoms with E-state index in [9.17, 15) is 14.7 Å². The van der Waals surface area contributed by atoms with Crippen LogP contribution in [0.3, 0.4) is 0 Å². The molecule has 2 rings (SSSR count). The summed E-state index contributed by atoms with van der Waals surface area (Å²) in [6.45, 7) is 7.57. The van der Waals surface area contributed by atoms with E-state index in [4.69, 9.17) is 0 Å². The highest BCUT2D eigenvalue weighted by Gasteiger charge is 2.50. The summed E-state index contributed by atoms with van der Waals surface area (Å²) in [5.41, 5.74) is 1.54. The van der Waals surface area contributed by atoms with Gasteiger partial charge in [0, 0.05) is 18.5 Å². The molecule has 1 amide bonds. The van der Waals surface area contributed by atoms with E-state index in [1.54, 1.807) is 11.0 Å². The van der Waals surface area contributed by atoms with Crippen LogP contribution in [-0.2, 0) is 15.2 Å². The predicted octanol–water partition coefficient (Wildman–Crippen LogP) is 1.84. The molecular formula is C15H19NO3. The second-order valence-corrected chi connectivity index (χ2v) is 5.27.